The summed E-state index contributed by atoms with van der Waals surface area (Å²) in [6.07, 6.45) is 3.28. The van der Waals surface area contributed by atoms with Gasteiger partial charge in [-0.25, -0.2) is 0 Å². The van der Waals surface area contributed by atoms with Crippen molar-refractivity contribution in [2.75, 3.05) is 13.1 Å². The molecule has 5 heteroatoms. The van der Waals surface area contributed by atoms with Crippen LogP contribution in [0.1, 0.15) is 28.8 Å². The number of ether oxygens (including phenoxy) is 1. The zero-order chi connectivity index (χ0) is 16.1. The Labute approximate surface area is 134 Å². The molecule has 1 aliphatic heterocycles. The van der Waals surface area contributed by atoms with E-state index >= 15 is 0 Å². The lowest BCUT2D eigenvalue weighted by Gasteiger charge is -2.31. The van der Waals surface area contributed by atoms with E-state index in [0.29, 0.717) is 19.7 Å². The van der Waals surface area contributed by atoms with Crippen LogP contribution >= 0.6 is 0 Å². The van der Waals surface area contributed by atoms with Crippen molar-refractivity contribution in [1.29, 1.82) is 0 Å². The van der Waals surface area contributed by atoms with Gasteiger partial charge in [0.2, 0.25) is 0 Å². The van der Waals surface area contributed by atoms with Crippen molar-refractivity contribution in [3.63, 3.8) is 0 Å². The van der Waals surface area contributed by atoms with E-state index in [1.54, 1.807) is 17.0 Å². The molecule has 1 fully saturated rings. The van der Waals surface area contributed by atoms with Crippen LogP contribution in [0.5, 0.6) is 0 Å². The van der Waals surface area contributed by atoms with Crippen molar-refractivity contribution in [2.45, 2.75) is 25.6 Å². The van der Waals surface area contributed by atoms with E-state index < -0.39 is 0 Å². The fourth-order valence-electron chi connectivity index (χ4n) is 2.77. The molecule has 1 N–H and O–H groups in total. The average molecular weight is 312 g/mol. The van der Waals surface area contributed by atoms with Crippen molar-refractivity contribution < 1.29 is 9.53 Å². The summed E-state index contributed by atoms with van der Waals surface area (Å²) in [5.41, 5.74) is 1.03. The molecule has 0 saturated carbocycles. The van der Waals surface area contributed by atoms with Crippen LogP contribution in [0.4, 0.5) is 0 Å². The summed E-state index contributed by atoms with van der Waals surface area (Å²) in [6.45, 7) is 1.83. The maximum Gasteiger partial charge on any atom is 0.260 e. The van der Waals surface area contributed by atoms with Gasteiger partial charge in [0.25, 0.3) is 11.5 Å². The lowest BCUT2D eigenvalue weighted by atomic mass is 10.1. The number of nitrogens with one attached hydrogen (secondary N) is 1. The minimum atomic E-state index is -0.333. The summed E-state index contributed by atoms with van der Waals surface area (Å²) < 4.78 is 5.92. The third-order valence-electron chi connectivity index (χ3n) is 4.11. The first-order chi connectivity index (χ1) is 11.2. The molecule has 0 atom stereocenters. The topological polar surface area (TPSA) is 62.4 Å². The van der Waals surface area contributed by atoms with Crippen molar-refractivity contribution in [1.82, 2.24) is 9.88 Å². The van der Waals surface area contributed by atoms with E-state index in [9.17, 15) is 9.59 Å². The molecule has 0 unspecified atom stereocenters. The van der Waals surface area contributed by atoms with Crippen LogP contribution in [0.25, 0.3) is 0 Å². The van der Waals surface area contributed by atoms with E-state index in [0.717, 1.165) is 18.4 Å². The van der Waals surface area contributed by atoms with Gasteiger partial charge in [0.15, 0.2) is 0 Å². The van der Waals surface area contributed by atoms with Crippen molar-refractivity contribution in [2.24, 2.45) is 0 Å². The standard InChI is InChI=1S/C18H20N2O3/c21-17-16(7-4-10-19-17)18(22)20-11-8-15(9-12-20)23-13-14-5-2-1-3-6-14/h1-7,10,15H,8-9,11-13H2,(H,19,21). The van der Waals surface area contributed by atoms with Crippen LogP contribution in [0.2, 0.25) is 0 Å². The summed E-state index contributed by atoms with van der Waals surface area (Å²) in [5.74, 6) is -0.201. The second-order valence-electron chi connectivity index (χ2n) is 5.70. The first kappa shape index (κ1) is 15.5. The van der Waals surface area contributed by atoms with Crippen LogP contribution in [0.15, 0.2) is 53.5 Å². The third-order valence-corrected chi connectivity index (χ3v) is 4.11. The molecule has 2 heterocycles. The number of hydrogen-bond acceptors (Lipinski definition) is 3. The van der Waals surface area contributed by atoms with Gasteiger partial charge in [0, 0.05) is 19.3 Å². The van der Waals surface area contributed by atoms with E-state index in [2.05, 4.69) is 4.98 Å². The Morgan fingerprint density at radius 1 is 1.13 bits per heavy atom. The van der Waals surface area contributed by atoms with E-state index in [1.165, 1.54) is 6.20 Å². The van der Waals surface area contributed by atoms with Crippen molar-refractivity contribution in [3.8, 4) is 0 Å². The summed E-state index contributed by atoms with van der Waals surface area (Å²) in [5, 5.41) is 0. The Morgan fingerprint density at radius 2 is 1.87 bits per heavy atom. The Hall–Kier alpha value is -2.40. The number of likely N-dealkylation sites (tertiary alicyclic amines) is 1. The Balaban J connectivity index is 1.51. The quantitative estimate of drug-likeness (QED) is 0.941. The first-order valence-electron chi connectivity index (χ1n) is 7.86. The van der Waals surface area contributed by atoms with Gasteiger partial charge in [-0.15, -0.1) is 0 Å². The normalized spacial score (nSPS) is 15.6. The van der Waals surface area contributed by atoms with Gasteiger partial charge in [0.05, 0.1) is 12.7 Å². The van der Waals surface area contributed by atoms with Crippen LogP contribution < -0.4 is 5.56 Å². The third kappa shape index (κ3) is 3.87. The zero-order valence-electron chi connectivity index (χ0n) is 12.9. The predicted octanol–water partition coefficient (Wildman–Crippen LogP) is 2.20. The van der Waals surface area contributed by atoms with E-state index in [4.69, 9.17) is 4.74 Å². The molecule has 1 amide bonds. The van der Waals surface area contributed by atoms with Gasteiger partial charge in [-0.3, -0.25) is 9.59 Å². The van der Waals surface area contributed by atoms with E-state index in [1.807, 2.05) is 30.3 Å². The SMILES string of the molecule is O=C(c1ccc[nH]c1=O)N1CCC(OCc2ccccc2)CC1. The molecule has 1 aliphatic rings. The number of rotatable bonds is 4. The molecule has 0 radical (unpaired) electrons. The monoisotopic (exact) mass is 312 g/mol. The highest BCUT2D eigenvalue weighted by atomic mass is 16.5. The minimum Gasteiger partial charge on any atom is -0.373 e. The van der Waals surface area contributed by atoms with Gasteiger partial charge in [-0.1, -0.05) is 30.3 Å². The molecule has 1 saturated heterocycles. The number of aromatic amines is 1. The second kappa shape index (κ2) is 7.24. The highest BCUT2D eigenvalue weighted by molar-refractivity contribution is 5.93. The zero-order valence-corrected chi connectivity index (χ0v) is 12.9. The molecule has 0 bridgehead atoms. The Bertz CT molecular complexity index is 703. The van der Waals surface area contributed by atoms with Crippen molar-refractivity contribution >= 4 is 5.91 Å². The highest BCUT2D eigenvalue weighted by Crippen LogP contribution is 2.17. The summed E-state index contributed by atoms with van der Waals surface area (Å²) in [4.78, 5) is 28.3. The average Bonchev–Trinajstić information content (AvgIpc) is 2.61. The number of hydrogen-bond donors (Lipinski definition) is 1. The number of nitrogens with zero attached hydrogens (tertiary/aromatic N) is 1. The Morgan fingerprint density at radius 3 is 2.57 bits per heavy atom. The number of carbonyl (C=O) groups is 1. The summed E-state index contributed by atoms with van der Waals surface area (Å²) in [7, 11) is 0. The van der Waals surface area contributed by atoms with Crippen LogP contribution in [0.3, 0.4) is 0 Å². The summed E-state index contributed by atoms with van der Waals surface area (Å²) >= 11 is 0. The lowest BCUT2D eigenvalue weighted by molar-refractivity contribution is -0.000417. The number of pyridine rings is 1. The lowest BCUT2D eigenvalue weighted by Crippen LogP contribution is -2.42. The van der Waals surface area contributed by atoms with Gasteiger partial charge >= 0.3 is 0 Å². The number of aromatic nitrogens is 1. The second-order valence-corrected chi connectivity index (χ2v) is 5.70. The fourth-order valence-corrected chi connectivity index (χ4v) is 2.77. The molecule has 0 aliphatic carbocycles. The number of H-pyrrole nitrogens is 1. The first-order valence-corrected chi connectivity index (χ1v) is 7.86. The molecular weight excluding hydrogens is 292 g/mol. The largest absolute Gasteiger partial charge is 0.373 e. The van der Waals surface area contributed by atoms with Crippen LogP contribution in [-0.2, 0) is 11.3 Å². The van der Waals surface area contributed by atoms with E-state index in [-0.39, 0.29) is 23.1 Å². The number of amides is 1. The molecule has 5 nitrogen and oxygen atoms in total. The summed E-state index contributed by atoms with van der Waals surface area (Å²) in [6, 6.07) is 13.3. The maximum absolute atomic E-state index is 12.4. The Kier molecular flexibility index (Phi) is 4.88. The fraction of sp³-hybridized carbons (Fsp3) is 0.333. The molecule has 23 heavy (non-hydrogen) atoms. The molecule has 2 aromatic rings. The van der Waals surface area contributed by atoms with Crippen molar-refractivity contribution in [3.05, 3.63) is 70.1 Å². The van der Waals surface area contributed by atoms with Crippen LogP contribution in [-0.4, -0.2) is 35.0 Å². The molecule has 0 spiro atoms. The van der Waals surface area contributed by atoms with Gasteiger partial charge in [-0.2, -0.15) is 0 Å². The van der Waals surface area contributed by atoms with Gasteiger partial charge in [0.1, 0.15) is 5.56 Å². The van der Waals surface area contributed by atoms with Crippen LogP contribution in [0, 0.1) is 0 Å². The van der Waals surface area contributed by atoms with Gasteiger partial charge < -0.3 is 14.6 Å². The molecule has 120 valence electrons. The minimum absolute atomic E-state index is 0.160. The molecular formula is C18H20N2O3. The number of carbonyl (C=O) groups excluding carboxylic acids is 1. The highest BCUT2D eigenvalue weighted by Gasteiger charge is 2.25. The maximum atomic E-state index is 12.4. The molecule has 1 aromatic heterocycles. The number of benzene rings is 1. The number of piperidine rings is 1. The smallest absolute Gasteiger partial charge is 0.260 e. The molecule has 3 rings (SSSR count). The predicted molar refractivity (Wildman–Crippen MR) is 87.2 cm³/mol. The molecule has 1 aromatic carbocycles. The van der Waals surface area contributed by atoms with Gasteiger partial charge in [-0.05, 0) is 30.5 Å².